The highest BCUT2D eigenvalue weighted by Crippen LogP contribution is 2.41. The average molecular weight is 433 g/mol. The van der Waals surface area contributed by atoms with E-state index in [1.165, 1.54) is 0 Å². The van der Waals surface area contributed by atoms with Crippen LogP contribution in [-0.4, -0.2) is 72.8 Å². The molecule has 2 aromatic rings. The molecule has 10 heteroatoms. The van der Waals surface area contributed by atoms with Crippen LogP contribution in [0.3, 0.4) is 0 Å². The molecule has 4 rings (SSSR count). The molecule has 10 nitrogen and oxygen atoms in total. The number of fused-ring (bicyclic) bond motifs is 1. The highest BCUT2D eigenvalue weighted by atomic mass is 16.3. The summed E-state index contributed by atoms with van der Waals surface area (Å²) >= 11 is 0. The second-order valence-electron chi connectivity index (χ2n) is 8.32. The number of aromatic nitrogens is 4. The normalized spacial score (nSPS) is 25.4. The first-order valence-electron chi connectivity index (χ1n) is 10.7. The molecule has 1 saturated heterocycles. The summed E-state index contributed by atoms with van der Waals surface area (Å²) in [5, 5.41) is 29.3. The van der Waals surface area contributed by atoms with Gasteiger partial charge in [0, 0.05) is 32.0 Å². The predicted octanol–water partition coefficient (Wildman–Crippen LogP) is 1.30. The molecule has 1 amide bonds. The molecule has 1 saturated carbocycles. The lowest BCUT2D eigenvalue weighted by atomic mass is 9.77. The van der Waals surface area contributed by atoms with E-state index >= 15 is 0 Å². The summed E-state index contributed by atoms with van der Waals surface area (Å²) in [4.78, 5) is 23.2. The van der Waals surface area contributed by atoms with Crippen LogP contribution < -0.4 is 5.32 Å². The molecular weight excluding hydrogens is 400 g/mol. The van der Waals surface area contributed by atoms with Crippen molar-refractivity contribution >= 4 is 18.1 Å². The van der Waals surface area contributed by atoms with E-state index in [-0.39, 0.29) is 24.5 Å². The molecular formula is C21H32N6O4. The van der Waals surface area contributed by atoms with Gasteiger partial charge in [0.25, 0.3) is 6.47 Å². The van der Waals surface area contributed by atoms with Crippen LogP contribution in [0.1, 0.15) is 37.2 Å². The van der Waals surface area contributed by atoms with Crippen LogP contribution in [-0.2, 0) is 16.1 Å². The minimum atomic E-state index is -0.375. The number of amides is 1. The number of carbonyl (C=O) groups is 2. The third-order valence-electron chi connectivity index (χ3n) is 6.36. The zero-order valence-electron chi connectivity index (χ0n) is 18.3. The molecule has 0 unspecified atom stereocenters. The maximum Gasteiger partial charge on any atom is 0.290 e. The molecule has 31 heavy (non-hydrogen) atoms. The fourth-order valence-electron chi connectivity index (χ4n) is 4.96. The van der Waals surface area contributed by atoms with Gasteiger partial charge >= 0.3 is 0 Å². The monoisotopic (exact) mass is 432 g/mol. The van der Waals surface area contributed by atoms with Crippen molar-refractivity contribution in [1.29, 1.82) is 0 Å². The Balaban J connectivity index is 0.000000858. The summed E-state index contributed by atoms with van der Waals surface area (Å²) in [6.07, 6.45) is 4.99. The maximum atomic E-state index is 12.6. The fraction of sp³-hybridized carbons (Fsp3) is 0.619. The molecule has 0 bridgehead atoms. The van der Waals surface area contributed by atoms with Gasteiger partial charge in [0.2, 0.25) is 5.91 Å². The van der Waals surface area contributed by atoms with Gasteiger partial charge in [0.15, 0.2) is 0 Å². The van der Waals surface area contributed by atoms with E-state index in [0.717, 1.165) is 49.6 Å². The van der Waals surface area contributed by atoms with Crippen molar-refractivity contribution in [2.45, 2.75) is 52.3 Å². The molecule has 3 N–H and O–H groups in total. The van der Waals surface area contributed by atoms with Gasteiger partial charge in [-0.15, -0.1) is 0 Å². The Labute approximate surface area is 181 Å². The first-order chi connectivity index (χ1) is 14.9. The standard InChI is InChI=1S/C20H30N6O2.CH2O2/c1-4-25-14(3)20(13(2)23-25)22-19(28)12-24-10-15-8-17(26-7-5-6-21-26)18(27)9-16(15)11-24;2-1-3/h5-7,15-18,27H,4,8-12H2,1-3H3,(H,22,28);1H,(H,2,3)/t15-,16+,17-,18-;/m1./s1. The number of rotatable bonds is 5. The molecule has 1 aliphatic heterocycles. The summed E-state index contributed by atoms with van der Waals surface area (Å²) in [6, 6.07) is 1.93. The van der Waals surface area contributed by atoms with Gasteiger partial charge in [-0.1, -0.05) is 0 Å². The number of hydrogen-bond donors (Lipinski definition) is 3. The van der Waals surface area contributed by atoms with Gasteiger partial charge in [-0.2, -0.15) is 10.2 Å². The summed E-state index contributed by atoms with van der Waals surface area (Å²) in [7, 11) is 0. The van der Waals surface area contributed by atoms with Crippen molar-refractivity contribution in [2.24, 2.45) is 11.8 Å². The number of likely N-dealkylation sites (tertiary alicyclic amines) is 1. The van der Waals surface area contributed by atoms with Crippen LogP contribution in [0.5, 0.6) is 0 Å². The second kappa shape index (κ2) is 10.1. The number of nitrogens with one attached hydrogen (secondary N) is 1. The molecule has 0 spiro atoms. The van der Waals surface area contributed by atoms with Crippen molar-refractivity contribution in [1.82, 2.24) is 24.5 Å². The molecule has 4 atom stereocenters. The van der Waals surface area contributed by atoms with Crippen molar-refractivity contribution in [3.8, 4) is 0 Å². The lowest BCUT2D eigenvalue weighted by Gasteiger charge is -2.35. The number of anilines is 1. The number of hydrogen-bond acceptors (Lipinski definition) is 6. The summed E-state index contributed by atoms with van der Waals surface area (Å²) < 4.78 is 3.79. The van der Waals surface area contributed by atoms with E-state index in [1.807, 2.05) is 42.4 Å². The van der Waals surface area contributed by atoms with E-state index in [4.69, 9.17) is 9.90 Å². The number of carbonyl (C=O) groups excluding carboxylic acids is 1. The topological polar surface area (TPSA) is 126 Å². The third-order valence-corrected chi connectivity index (χ3v) is 6.36. The first-order valence-corrected chi connectivity index (χ1v) is 10.7. The molecule has 0 aromatic carbocycles. The van der Waals surface area contributed by atoms with E-state index < -0.39 is 0 Å². The van der Waals surface area contributed by atoms with Crippen molar-refractivity contribution in [3.05, 3.63) is 29.8 Å². The Kier molecular flexibility index (Phi) is 7.45. The molecule has 170 valence electrons. The molecule has 2 fully saturated rings. The summed E-state index contributed by atoms with van der Waals surface area (Å²) in [6.45, 7) is 8.64. The molecule has 1 aliphatic carbocycles. The highest BCUT2D eigenvalue weighted by molar-refractivity contribution is 5.93. The minimum Gasteiger partial charge on any atom is -0.483 e. The number of nitrogens with zero attached hydrogens (tertiary/aromatic N) is 5. The minimum absolute atomic E-state index is 0.00433. The number of aliphatic hydroxyl groups is 1. The zero-order chi connectivity index (χ0) is 22.5. The van der Waals surface area contributed by atoms with Gasteiger partial charge in [0.05, 0.1) is 35.8 Å². The fourth-order valence-corrected chi connectivity index (χ4v) is 4.96. The SMILES string of the molecule is CCn1nc(C)c(NC(=O)CN2C[C@H]3C[C@@H](n4cccn4)[C@H](O)C[C@H]3C2)c1C.O=CO. The summed E-state index contributed by atoms with van der Waals surface area (Å²) in [5.41, 5.74) is 2.68. The van der Waals surface area contributed by atoms with Gasteiger partial charge < -0.3 is 15.5 Å². The van der Waals surface area contributed by atoms with E-state index in [2.05, 4.69) is 20.4 Å². The van der Waals surface area contributed by atoms with Crippen LogP contribution in [0.4, 0.5) is 5.69 Å². The van der Waals surface area contributed by atoms with Gasteiger partial charge in [-0.25, -0.2) is 0 Å². The predicted molar refractivity (Wildman–Crippen MR) is 115 cm³/mol. The Morgan fingerprint density at radius 1 is 1.29 bits per heavy atom. The Hall–Kier alpha value is -2.72. The zero-order valence-corrected chi connectivity index (χ0v) is 18.3. The largest absolute Gasteiger partial charge is 0.483 e. The Morgan fingerprint density at radius 2 is 1.97 bits per heavy atom. The first kappa shape index (κ1) is 23.0. The van der Waals surface area contributed by atoms with E-state index in [1.54, 1.807) is 6.20 Å². The van der Waals surface area contributed by atoms with Crippen LogP contribution in [0.2, 0.25) is 0 Å². The number of carboxylic acid groups (broad SMARTS) is 1. The second-order valence-corrected chi connectivity index (χ2v) is 8.32. The van der Waals surface area contributed by atoms with Gasteiger partial charge in [-0.3, -0.25) is 23.9 Å². The maximum absolute atomic E-state index is 12.6. The van der Waals surface area contributed by atoms with Crippen molar-refractivity contribution < 1.29 is 19.8 Å². The number of aryl methyl sites for hydroxylation is 2. The lowest BCUT2D eigenvalue weighted by Crippen LogP contribution is -2.36. The molecule has 2 aliphatic rings. The summed E-state index contributed by atoms with van der Waals surface area (Å²) in [5.74, 6) is 0.947. The van der Waals surface area contributed by atoms with E-state index in [0.29, 0.717) is 18.4 Å². The highest BCUT2D eigenvalue weighted by Gasteiger charge is 2.42. The average Bonchev–Trinajstić information content (AvgIpc) is 3.43. The lowest BCUT2D eigenvalue weighted by molar-refractivity contribution is -0.123. The van der Waals surface area contributed by atoms with Crippen LogP contribution in [0, 0.1) is 25.7 Å². The van der Waals surface area contributed by atoms with Crippen LogP contribution in [0.25, 0.3) is 0 Å². The quantitative estimate of drug-likeness (QED) is 0.608. The Morgan fingerprint density at radius 3 is 2.55 bits per heavy atom. The van der Waals surface area contributed by atoms with Crippen molar-refractivity contribution in [2.75, 3.05) is 25.0 Å². The van der Waals surface area contributed by atoms with E-state index in [9.17, 15) is 9.90 Å². The van der Waals surface area contributed by atoms with Gasteiger partial charge in [0.1, 0.15) is 0 Å². The molecule has 3 heterocycles. The third kappa shape index (κ3) is 5.13. The van der Waals surface area contributed by atoms with Crippen LogP contribution in [0.15, 0.2) is 18.5 Å². The Bertz CT molecular complexity index is 881. The smallest absolute Gasteiger partial charge is 0.290 e. The molecule has 0 radical (unpaired) electrons. The van der Waals surface area contributed by atoms with Gasteiger partial charge in [-0.05, 0) is 51.5 Å². The van der Waals surface area contributed by atoms with Crippen molar-refractivity contribution in [3.63, 3.8) is 0 Å². The number of aliphatic hydroxyl groups excluding tert-OH is 1. The van der Waals surface area contributed by atoms with Crippen LogP contribution >= 0.6 is 0 Å². The molecule has 2 aromatic heterocycles.